The number of aryl methyl sites for hydroxylation is 1. The molecular formula is C19H25F3O4. The molecule has 0 radical (unpaired) electrons. The standard InChI is InChI=1S/C19H25F3O4/c1-4-26-17(24)11-15(23)12-18(25,13(2)3)10-9-14-7-5-6-8-16(14)19(20,21)22/h5-8,13,25H,4,9-12H2,1-3H3. The molecule has 1 aromatic carbocycles. The van der Waals surface area contributed by atoms with Crippen LogP contribution in [0.1, 0.15) is 51.2 Å². The molecule has 7 heteroatoms. The van der Waals surface area contributed by atoms with Crippen molar-refractivity contribution in [2.75, 3.05) is 6.61 Å². The number of hydrogen-bond donors (Lipinski definition) is 1. The van der Waals surface area contributed by atoms with E-state index in [0.29, 0.717) is 0 Å². The maximum absolute atomic E-state index is 13.1. The fourth-order valence-corrected chi connectivity index (χ4v) is 2.72. The Morgan fingerprint density at radius 3 is 2.35 bits per heavy atom. The van der Waals surface area contributed by atoms with Gasteiger partial charge in [0.25, 0.3) is 0 Å². The average Bonchev–Trinajstić information content (AvgIpc) is 2.52. The summed E-state index contributed by atoms with van der Waals surface area (Å²) in [5.41, 5.74) is -2.18. The van der Waals surface area contributed by atoms with E-state index in [1.54, 1.807) is 20.8 Å². The minimum atomic E-state index is -4.48. The molecule has 1 N–H and O–H groups in total. The predicted molar refractivity (Wildman–Crippen MR) is 90.4 cm³/mol. The van der Waals surface area contributed by atoms with Crippen molar-refractivity contribution in [1.29, 1.82) is 0 Å². The van der Waals surface area contributed by atoms with Gasteiger partial charge in [-0.25, -0.2) is 0 Å². The van der Waals surface area contributed by atoms with Crippen molar-refractivity contribution < 1.29 is 32.6 Å². The Hall–Kier alpha value is -1.89. The highest BCUT2D eigenvalue weighted by Gasteiger charge is 2.36. The zero-order chi connectivity index (χ0) is 20.0. The second kappa shape index (κ2) is 9.16. The summed E-state index contributed by atoms with van der Waals surface area (Å²) in [4.78, 5) is 23.4. The third kappa shape index (κ3) is 6.44. The Labute approximate surface area is 151 Å². The number of alkyl halides is 3. The first kappa shape index (κ1) is 22.2. The van der Waals surface area contributed by atoms with Crippen LogP contribution in [0.15, 0.2) is 24.3 Å². The van der Waals surface area contributed by atoms with Gasteiger partial charge in [0.1, 0.15) is 12.2 Å². The quantitative estimate of drug-likeness (QED) is 0.525. The molecule has 0 spiro atoms. The van der Waals surface area contributed by atoms with Crippen molar-refractivity contribution in [1.82, 2.24) is 0 Å². The van der Waals surface area contributed by atoms with Gasteiger partial charge < -0.3 is 9.84 Å². The summed E-state index contributed by atoms with van der Waals surface area (Å²) in [6.45, 7) is 5.14. The molecule has 0 aliphatic carbocycles. The fraction of sp³-hybridized carbons (Fsp3) is 0.579. The number of carbonyl (C=O) groups excluding carboxylic acids is 2. The largest absolute Gasteiger partial charge is 0.466 e. The van der Waals surface area contributed by atoms with Crippen molar-refractivity contribution in [3.63, 3.8) is 0 Å². The Balaban J connectivity index is 2.86. The number of esters is 1. The number of ether oxygens (including phenoxy) is 1. The lowest BCUT2D eigenvalue weighted by Gasteiger charge is -2.32. The molecular weight excluding hydrogens is 349 g/mol. The molecule has 0 aliphatic rings. The van der Waals surface area contributed by atoms with Gasteiger partial charge in [0.2, 0.25) is 0 Å². The van der Waals surface area contributed by atoms with Crippen LogP contribution in [0, 0.1) is 5.92 Å². The van der Waals surface area contributed by atoms with Crippen molar-refractivity contribution >= 4 is 11.8 Å². The van der Waals surface area contributed by atoms with Crippen LogP contribution in [0.2, 0.25) is 0 Å². The number of rotatable bonds is 9. The average molecular weight is 374 g/mol. The van der Waals surface area contributed by atoms with Crippen LogP contribution in [0.5, 0.6) is 0 Å². The van der Waals surface area contributed by atoms with E-state index in [-0.39, 0.29) is 37.4 Å². The van der Waals surface area contributed by atoms with E-state index < -0.39 is 35.5 Å². The van der Waals surface area contributed by atoms with Crippen LogP contribution >= 0.6 is 0 Å². The first-order chi connectivity index (χ1) is 12.0. The Bertz CT molecular complexity index is 625. The second-order valence-electron chi connectivity index (χ2n) is 6.61. The van der Waals surface area contributed by atoms with Gasteiger partial charge in [-0.15, -0.1) is 0 Å². The van der Waals surface area contributed by atoms with Crippen molar-refractivity contribution in [2.45, 2.75) is 58.2 Å². The Kier molecular flexibility index (Phi) is 7.81. The highest BCUT2D eigenvalue weighted by molar-refractivity contribution is 5.95. The molecule has 0 aromatic heterocycles. The molecule has 0 aliphatic heterocycles. The molecule has 0 fully saturated rings. The van der Waals surface area contributed by atoms with Gasteiger partial charge in [0, 0.05) is 6.42 Å². The molecule has 1 atom stereocenters. The summed E-state index contributed by atoms with van der Waals surface area (Å²) in [5.74, 6) is -1.54. The summed E-state index contributed by atoms with van der Waals surface area (Å²) >= 11 is 0. The monoisotopic (exact) mass is 374 g/mol. The zero-order valence-corrected chi connectivity index (χ0v) is 15.2. The molecule has 0 bridgehead atoms. The minimum Gasteiger partial charge on any atom is -0.466 e. The van der Waals surface area contributed by atoms with Crippen LogP contribution in [-0.4, -0.2) is 29.1 Å². The number of Topliss-reactive ketones (excluding diaryl/α,β-unsaturated/α-hetero) is 1. The van der Waals surface area contributed by atoms with Gasteiger partial charge >= 0.3 is 12.1 Å². The van der Waals surface area contributed by atoms with E-state index in [0.717, 1.165) is 6.07 Å². The number of hydrogen-bond acceptors (Lipinski definition) is 4. The Morgan fingerprint density at radius 1 is 1.19 bits per heavy atom. The minimum absolute atomic E-state index is 0.0215. The highest BCUT2D eigenvalue weighted by atomic mass is 19.4. The van der Waals surface area contributed by atoms with E-state index in [9.17, 15) is 27.9 Å². The van der Waals surface area contributed by atoms with Crippen LogP contribution < -0.4 is 0 Å². The van der Waals surface area contributed by atoms with E-state index in [1.165, 1.54) is 18.2 Å². The molecule has 146 valence electrons. The van der Waals surface area contributed by atoms with Crippen LogP contribution in [-0.2, 0) is 26.9 Å². The maximum Gasteiger partial charge on any atom is 0.416 e. The first-order valence-corrected chi connectivity index (χ1v) is 8.54. The molecule has 4 nitrogen and oxygen atoms in total. The van der Waals surface area contributed by atoms with Gasteiger partial charge in [0.15, 0.2) is 0 Å². The van der Waals surface area contributed by atoms with Crippen LogP contribution in [0.25, 0.3) is 0 Å². The summed E-state index contributed by atoms with van der Waals surface area (Å²) in [5, 5.41) is 10.8. The predicted octanol–water partition coefficient (Wildman–Crippen LogP) is 3.94. The lowest BCUT2D eigenvalue weighted by Crippen LogP contribution is -2.38. The number of halogens is 3. The van der Waals surface area contributed by atoms with Crippen molar-refractivity contribution in [3.05, 3.63) is 35.4 Å². The zero-order valence-electron chi connectivity index (χ0n) is 15.2. The van der Waals surface area contributed by atoms with Crippen LogP contribution in [0.4, 0.5) is 13.2 Å². The molecule has 26 heavy (non-hydrogen) atoms. The van der Waals surface area contributed by atoms with Crippen molar-refractivity contribution in [2.24, 2.45) is 5.92 Å². The molecule has 1 rings (SSSR count). The van der Waals surface area contributed by atoms with Gasteiger partial charge in [-0.2, -0.15) is 13.2 Å². The SMILES string of the molecule is CCOC(=O)CC(=O)CC(O)(CCc1ccccc1C(F)(F)F)C(C)C. The van der Waals surface area contributed by atoms with Gasteiger partial charge in [-0.1, -0.05) is 32.0 Å². The fourth-order valence-electron chi connectivity index (χ4n) is 2.72. The molecule has 0 saturated carbocycles. The molecule has 0 heterocycles. The smallest absolute Gasteiger partial charge is 0.416 e. The summed E-state index contributed by atoms with van der Waals surface area (Å²) in [6, 6.07) is 5.18. The van der Waals surface area contributed by atoms with Crippen molar-refractivity contribution in [3.8, 4) is 0 Å². The van der Waals surface area contributed by atoms with E-state index in [1.807, 2.05) is 0 Å². The number of ketones is 1. The molecule has 1 aromatic rings. The third-order valence-electron chi connectivity index (χ3n) is 4.37. The van der Waals surface area contributed by atoms with E-state index >= 15 is 0 Å². The highest BCUT2D eigenvalue weighted by Crippen LogP contribution is 2.34. The summed E-state index contributed by atoms with van der Waals surface area (Å²) in [6.07, 6.45) is -5.30. The van der Waals surface area contributed by atoms with E-state index in [2.05, 4.69) is 0 Å². The van der Waals surface area contributed by atoms with Gasteiger partial charge in [0.05, 0.1) is 17.8 Å². The van der Waals surface area contributed by atoms with Crippen LogP contribution in [0.3, 0.4) is 0 Å². The maximum atomic E-state index is 13.1. The Morgan fingerprint density at radius 2 is 1.81 bits per heavy atom. The lowest BCUT2D eigenvalue weighted by molar-refractivity contribution is -0.147. The lowest BCUT2D eigenvalue weighted by atomic mass is 9.80. The normalized spacial score (nSPS) is 14.2. The topological polar surface area (TPSA) is 63.6 Å². The van der Waals surface area contributed by atoms with E-state index in [4.69, 9.17) is 4.74 Å². The number of benzene rings is 1. The third-order valence-corrected chi connectivity index (χ3v) is 4.37. The second-order valence-corrected chi connectivity index (χ2v) is 6.61. The number of aliphatic hydroxyl groups is 1. The molecule has 1 unspecified atom stereocenters. The van der Waals surface area contributed by atoms with Gasteiger partial charge in [-0.3, -0.25) is 9.59 Å². The van der Waals surface area contributed by atoms with Gasteiger partial charge in [-0.05, 0) is 37.3 Å². The first-order valence-electron chi connectivity index (χ1n) is 8.54. The summed E-state index contributed by atoms with van der Waals surface area (Å²) < 4.78 is 44.0. The summed E-state index contributed by atoms with van der Waals surface area (Å²) in [7, 11) is 0. The molecule has 0 saturated heterocycles. The number of carbonyl (C=O) groups is 2. The molecule has 0 amide bonds.